The van der Waals surface area contributed by atoms with E-state index in [2.05, 4.69) is 5.32 Å². The zero-order valence-electron chi connectivity index (χ0n) is 16.4. The van der Waals surface area contributed by atoms with Gasteiger partial charge in [-0.05, 0) is 31.9 Å². The summed E-state index contributed by atoms with van der Waals surface area (Å²) in [6.07, 6.45) is 0.832. The van der Waals surface area contributed by atoms with Crippen molar-refractivity contribution in [3.8, 4) is 0 Å². The number of rotatable bonds is 9. The summed E-state index contributed by atoms with van der Waals surface area (Å²) < 4.78 is 10.9. The highest BCUT2D eigenvalue weighted by Gasteiger charge is 2.38. The Bertz CT molecular complexity index is 800. The molecule has 1 aromatic carbocycles. The highest BCUT2D eigenvalue weighted by molar-refractivity contribution is 6.31. The van der Waals surface area contributed by atoms with E-state index >= 15 is 0 Å². The summed E-state index contributed by atoms with van der Waals surface area (Å²) in [5, 5.41) is 13.0. The maximum atomic E-state index is 12.9. The van der Waals surface area contributed by atoms with E-state index in [4.69, 9.17) is 21.1 Å². The Hall–Kier alpha value is -2.15. The van der Waals surface area contributed by atoms with Crippen LogP contribution in [0.1, 0.15) is 38.7 Å². The van der Waals surface area contributed by atoms with Crippen LogP contribution in [0.25, 0.3) is 0 Å². The molecule has 0 bridgehead atoms. The van der Waals surface area contributed by atoms with E-state index in [9.17, 15) is 14.7 Å². The standard InChI is InChI=1S/C21H26ClNO5/c1-4-10-27-12-16-20(21(26)28-5-2)19(14-8-6-7-9-15(14)22)18(13(3)23-16)17(25)11-24/h6-9,19,23-24H,4-5,10-12H2,1-3H3. The molecule has 0 radical (unpaired) electrons. The number of halogens is 1. The van der Waals surface area contributed by atoms with E-state index in [-0.39, 0.29) is 24.4 Å². The summed E-state index contributed by atoms with van der Waals surface area (Å²) in [5.74, 6) is -1.79. The summed E-state index contributed by atoms with van der Waals surface area (Å²) in [5.41, 5.74) is 2.24. The number of carbonyl (C=O) groups excluding carboxylic acids is 2. The summed E-state index contributed by atoms with van der Waals surface area (Å²) in [4.78, 5) is 25.5. The highest BCUT2D eigenvalue weighted by Crippen LogP contribution is 2.41. The molecule has 1 atom stereocenters. The van der Waals surface area contributed by atoms with Gasteiger partial charge in [0, 0.05) is 28.8 Å². The van der Waals surface area contributed by atoms with Crippen molar-refractivity contribution in [1.29, 1.82) is 0 Å². The van der Waals surface area contributed by atoms with Gasteiger partial charge in [0.2, 0.25) is 0 Å². The van der Waals surface area contributed by atoms with Gasteiger partial charge in [0.05, 0.1) is 24.5 Å². The minimum Gasteiger partial charge on any atom is -0.463 e. The number of hydrogen-bond acceptors (Lipinski definition) is 6. The van der Waals surface area contributed by atoms with Crippen LogP contribution in [-0.4, -0.2) is 43.3 Å². The summed E-state index contributed by atoms with van der Waals surface area (Å²) >= 11 is 6.42. The Balaban J connectivity index is 2.67. The lowest BCUT2D eigenvalue weighted by Gasteiger charge is -2.32. The average Bonchev–Trinajstić information content (AvgIpc) is 2.67. The van der Waals surface area contributed by atoms with E-state index in [0.717, 1.165) is 6.42 Å². The van der Waals surface area contributed by atoms with Crippen molar-refractivity contribution in [2.45, 2.75) is 33.1 Å². The van der Waals surface area contributed by atoms with E-state index < -0.39 is 24.3 Å². The molecule has 2 rings (SSSR count). The van der Waals surface area contributed by atoms with Gasteiger partial charge < -0.3 is 19.9 Å². The zero-order chi connectivity index (χ0) is 20.7. The predicted octanol–water partition coefficient (Wildman–Crippen LogP) is 3.11. The van der Waals surface area contributed by atoms with Gasteiger partial charge in [-0.1, -0.05) is 36.7 Å². The molecule has 0 saturated carbocycles. The number of hydrogen-bond donors (Lipinski definition) is 2. The fourth-order valence-corrected chi connectivity index (χ4v) is 3.50. The lowest BCUT2D eigenvalue weighted by Crippen LogP contribution is -2.35. The maximum absolute atomic E-state index is 12.9. The summed E-state index contributed by atoms with van der Waals surface area (Å²) in [6.45, 7) is 5.65. The van der Waals surface area contributed by atoms with Crippen LogP contribution in [0.4, 0.5) is 0 Å². The van der Waals surface area contributed by atoms with Gasteiger partial charge in [0.1, 0.15) is 6.61 Å². The number of aliphatic hydroxyl groups is 1. The molecule has 1 heterocycles. The van der Waals surface area contributed by atoms with E-state index in [1.165, 1.54) is 0 Å². The number of Topliss-reactive ketones (excluding diaryl/α,β-unsaturated/α-hetero) is 1. The lowest BCUT2D eigenvalue weighted by atomic mass is 9.78. The number of ketones is 1. The number of esters is 1. The molecule has 152 valence electrons. The first-order chi connectivity index (χ1) is 13.5. The molecule has 1 aliphatic rings. The third-order valence-corrected chi connectivity index (χ3v) is 4.74. The molecule has 1 aliphatic heterocycles. The second-order valence-corrected chi connectivity index (χ2v) is 6.77. The quantitative estimate of drug-likeness (QED) is 0.483. The van der Waals surface area contributed by atoms with Crippen molar-refractivity contribution in [3.63, 3.8) is 0 Å². The molecule has 2 N–H and O–H groups in total. The first-order valence-electron chi connectivity index (χ1n) is 9.30. The average molecular weight is 408 g/mol. The van der Waals surface area contributed by atoms with Crippen LogP contribution in [0.15, 0.2) is 46.8 Å². The van der Waals surface area contributed by atoms with Crippen molar-refractivity contribution in [1.82, 2.24) is 5.32 Å². The molecule has 0 spiro atoms. The van der Waals surface area contributed by atoms with Crippen molar-refractivity contribution in [2.24, 2.45) is 0 Å². The van der Waals surface area contributed by atoms with Gasteiger partial charge in [-0.25, -0.2) is 4.79 Å². The molecule has 0 aromatic heterocycles. The monoisotopic (exact) mass is 407 g/mol. The topological polar surface area (TPSA) is 84.9 Å². The third-order valence-electron chi connectivity index (χ3n) is 4.40. The second kappa shape index (κ2) is 10.4. The van der Waals surface area contributed by atoms with E-state index in [1.54, 1.807) is 38.1 Å². The maximum Gasteiger partial charge on any atom is 0.336 e. The number of benzene rings is 1. The highest BCUT2D eigenvalue weighted by atomic mass is 35.5. The molecule has 0 fully saturated rings. The number of carbonyl (C=O) groups is 2. The van der Waals surface area contributed by atoms with Crippen molar-refractivity contribution in [2.75, 3.05) is 26.4 Å². The molecule has 6 nitrogen and oxygen atoms in total. The minimum atomic E-state index is -0.756. The van der Waals surface area contributed by atoms with Gasteiger partial charge in [-0.3, -0.25) is 4.79 Å². The van der Waals surface area contributed by atoms with Crippen molar-refractivity contribution in [3.05, 3.63) is 57.4 Å². The smallest absolute Gasteiger partial charge is 0.336 e. The minimum absolute atomic E-state index is 0.168. The van der Waals surface area contributed by atoms with Crippen LogP contribution >= 0.6 is 11.6 Å². The number of allylic oxidation sites excluding steroid dienone is 1. The van der Waals surface area contributed by atoms with Crippen LogP contribution in [0.5, 0.6) is 0 Å². The molecule has 7 heteroatoms. The van der Waals surface area contributed by atoms with Gasteiger partial charge >= 0.3 is 5.97 Å². The van der Waals surface area contributed by atoms with Gasteiger partial charge in [0.15, 0.2) is 5.78 Å². The SMILES string of the molecule is CCCOCC1=C(C(=O)OCC)C(c2ccccc2Cl)C(C(=O)CO)=C(C)N1. The Morgan fingerprint density at radius 1 is 1.21 bits per heavy atom. The van der Waals surface area contributed by atoms with Crippen molar-refractivity contribution < 1.29 is 24.2 Å². The Morgan fingerprint density at radius 3 is 2.54 bits per heavy atom. The second-order valence-electron chi connectivity index (χ2n) is 6.36. The van der Waals surface area contributed by atoms with Gasteiger partial charge in [0.25, 0.3) is 0 Å². The van der Waals surface area contributed by atoms with Crippen LogP contribution in [0.2, 0.25) is 5.02 Å². The fourth-order valence-electron chi connectivity index (χ4n) is 3.25. The summed E-state index contributed by atoms with van der Waals surface area (Å²) in [7, 11) is 0. The molecule has 1 aromatic rings. The molecule has 1 unspecified atom stereocenters. The van der Waals surface area contributed by atoms with Crippen LogP contribution in [0.3, 0.4) is 0 Å². The lowest BCUT2D eigenvalue weighted by molar-refractivity contribution is -0.139. The van der Waals surface area contributed by atoms with Crippen LogP contribution in [-0.2, 0) is 19.1 Å². The first kappa shape index (κ1) is 22.1. The zero-order valence-corrected chi connectivity index (χ0v) is 17.1. The predicted molar refractivity (Wildman–Crippen MR) is 107 cm³/mol. The molecule has 0 aliphatic carbocycles. The van der Waals surface area contributed by atoms with E-state index in [1.807, 2.05) is 6.92 Å². The first-order valence-corrected chi connectivity index (χ1v) is 9.68. The number of aliphatic hydroxyl groups excluding tert-OH is 1. The Morgan fingerprint density at radius 2 is 1.93 bits per heavy atom. The van der Waals surface area contributed by atoms with Gasteiger partial charge in [-0.15, -0.1) is 0 Å². The molecule has 28 heavy (non-hydrogen) atoms. The van der Waals surface area contributed by atoms with Crippen molar-refractivity contribution >= 4 is 23.4 Å². The largest absolute Gasteiger partial charge is 0.463 e. The number of dihydropyridines is 1. The van der Waals surface area contributed by atoms with Crippen LogP contribution < -0.4 is 5.32 Å². The van der Waals surface area contributed by atoms with Crippen LogP contribution in [0, 0.1) is 0 Å². The number of nitrogens with one attached hydrogen (secondary N) is 1. The third kappa shape index (κ3) is 4.82. The fraction of sp³-hybridized carbons (Fsp3) is 0.429. The molecular formula is C21H26ClNO5. The van der Waals surface area contributed by atoms with E-state index in [0.29, 0.717) is 28.6 Å². The molecule has 0 amide bonds. The Kier molecular flexibility index (Phi) is 8.23. The molecular weight excluding hydrogens is 382 g/mol. The summed E-state index contributed by atoms with van der Waals surface area (Å²) in [6, 6.07) is 7.02. The number of ether oxygens (including phenoxy) is 2. The normalized spacial score (nSPS) is 16.8. The molecule has 0 saturated heterocycles. The van der Waals surface area contributed by atoms with Gasteiger partial charge in [-0.2, -0.15) is 0 Å². The Labute approximate surface area is 170 Å².